The Hall–Kier alpha value is -2.79. The third-order valence-electron chi connectivity index (χ3n) is 2.24. The lowest BCUT2D eigenvalue weighted by molar-refractivity contribution is 0.428. The molecule has 82 valence electrons. The third-order valence-corrected chi connectivity index (χ3v) is 2.24. The van der Waals surface area contributed by atoms with Crippen molar-refractivity contribution >= 4 is 0 Å². The lowest BCUT2D eigenvalue weighted by atomic mass is 10.1. The van der Waals surface area contributed by atoms with Crippen molar-refractivity contribution in [2.24, 2.45) is 7.05 Å². The van der Waals surface area contributed by atoms with Crippen molar-refractivity contribution in [3.63, 3.8) is 0 Å². The molecule has 1 heterocycles. The van der Waals surface area contributed by atoms with Crippen LogP contribution in [0.2, 0.25) is 0 Å². The Balaban J connectivity index is 2.49. The van der Waals surface area contributed by atoms with Crippen LogP contribution in [0.15, 0.2) is 30.5 Å². The summed E-state index contributed by atoms with van der Waals surface area (Å²) in [7, 11) is 1.72. The molecule has 0 aliphatic carbocycles. The first kappa shape index (κ1) is 10.7. The van der Waals surface area contributed by atoms with Crippen molar-refractivity contribution < 1.29 is 4.74 Å². The minimum absolute atomic E-state index is 0.265. The van der Waals surface area contributed by atoms with E-state index in [1.807, 2.05) is 12.1 Å². The summed E-state index contributed by atoms with van der Waals surface area (Å²) in [4.78, 5) is 0. The summed E-state index contributed by atoms with van der Waals surface area (Å²) >= 11 is 0. The number of para-hydroxylation sites is 1. The minimum atomic E-state index is 0.265. The number of nitriles is 2. The maximum atomic E-state index is 8.97. The molecule has 5 heteroatoms. The summed E-state index contributed by atoms with van der Waals surface area (Å²) in [5, 5.41) is 21.9. The van der Waals surface area contributed by atoms with E-state index in [0.717, 1.165) is 0 Å². The maximum absolute atomic E-state index is 8.97. The predicted octanol–water partition coefficient (Wildman–Crippen LogP) is 1.96. The Bertz CT molecular complexity index is 598. The molecule has 2 rings (SSSR count). The van der Waals surface area contributed by atoms with Crippen molar-refractivity contribution in [1.82, 2.24) is 9.78 Å². The molecule has 0 spiro atoms. The molecule has 5 nitrogen and oxygen atoms in total. The Morgan fingerprint density at radius 2 is 1.82 bits per heavy atom. The van der Waals surface area contributed by atoms with Crippen LogP contribution in [0.4, 0.5) is 0 Å². The van der Waals surface area contributed by atoms with E-state index in [1.54, 1.807) is 37.5 Å². The van der Waals surface area contributed by atoms with Crippen molar-refractivity contribution in [1.29, 1.82) is 10.5 Å². The number of aryl methyl sites for hydroxylation is 1. The lowest BCUT2D eigenvalue weighted by Gasteiger charge is -2.08. The van der Waals surface area contributed by atoms with Gasteiger partial charge in [0.15, 0.2) is 5.75 Å². The van der Waals surface area contributed by atoms with Gasteiger partial charge < -0.3 is 4.74 Å². The molecule has 0 amide bonds. The van der Waals surface area contributed by atoms with Crippen LogP contribution >= 0.6 is 0 Å². The summed E-state index contributed by atoms with van der Waals surface area (Å²) in [6.45, 7) is 0. The molecule has 0 aliphatic rings. The van der Waals surface area contributed by atoms with Gasteiger partial charge in [-0.1, -0.05) is 6.07 Å². The highest BCUT2D eigenvalue weighted by Crippen LogP contribution is 2.28. The van der Waals surface area contributed by atoms with Crippen LogP contribution in [-0.2, 0) is 7.05 Å². The fourth-order valence-electron chi connectivity index (χ4n) is 1.39. The molecule has 1 aromatic carbocycles. The number of nitrogens with zero attached hydrogens (tertiary/aromatic N) is 4. The number of benzene rings is 1. The van der Waals surface area contributed by atoms with E-state index < -0.39 is 0 Å². The van der Waals surface area contributed by atoms with Gasteiger partial charge in [-0.05, 0) is 12.1 Å². The predicted molar refractivity (Wildman–Crippen MR) is 59.2 cm³/mol. The first-order chi connectivity index (χ1) is 8.26. The smallest absolute Gasteiger partial charge is 0.217 e. The van der Waals surface area contributed by atoms with Crippen LogP contribution in [0.5, 0.6) is 11.6 Å². The highest BCUT2D eigenvalue weighted by atomic mass is 16.5. The zero-order valence-electron chi connectivity index (χ0n) is 9.08. The van der Waals surface area contributed by atoms with Gasteiger partial charge in [0.1, 0.15) is 12.1 Å². The molecular formula is C12H8N4O. The fraction of sp³-hybridized carbons (Fsp3) is 0.0833. The first-order valence-electron chi connectivity index (χ1n) is 4.85. The van der Waals surface area contributed by atoms with Crippen LogP contribution in [0.1, 0.15) is 11.1 Å². The molecular weight excluding hydrogens is 216 g/mol. The Morgan fingerprint density at radius 3 is 2.29 bits per heavy atom. The molecule has 0 atom stereocenters. The van der Waals surface area contributed by atoms with Gasteiger partial charge >= 0.3 is 0 Å². The Morgan fingerprint density at radius 1 is 1.18 bits per heavy atom. The van der Waals surface area contributed by atoms with Crippen LogP contribution in [0.3, 0.4) is 0 Å². The fourth-order valence-corrected chi connectivity index (χ4v) is 1.39. The molecule has 0 aliphatic heterocycles. The molecule has 0 unspecified atom stereocenters. The molecule has 0 bridgehead atoms. The maximum Gasteiger partial charge on any atom is 0.217 e. The number of hydrogen-bond donors (Lipinski definition) is 0. The van der Waals surface area contributed by atoms with Crippen LogP contribution in [0.25, 0.3) is 0 Å². The summed E-state index contributed by atoms with van der Waals surface area (Å²) in [6, 6.07) is 10.5. The first-order valence-corrected chi connectivity index (χ1v) is 4.85. The van der Waals surface area contributed by atoms with Gasteiger partial charge in [-0.25, -0.2) is 4.68 Å². The van der Waals surface area contributed by atoms with E-state index in [0.29, 0.717) is 17.0 Å². The molecule has 1 aromatic heterocycles. The highest BCUT2D eigenvalue weighted by molar-refractivity contribution is 5.54. The molecule has 0 radical (unpaired) electrons. The van der Waals surface area contributed by atoms with Crippen molar-refractivity contribution in [2.45, 2.75) is 0 Å². The SMILES string of the molecule is Cn1nccc1Oc1c(C#N)cccc1C#N. The third kappa shape index (κ3) is 1.95. The number of rotatable bonds is 2. The normalized spacial score (nSPS) is 9.35. The molecule has 0 saturated carbocycles. The summed E-state index contributed by atoms with van der Waals surface area (Å²) in [5.74, 6) is 0.741. The minimum Gasteiger partial charge on any atom is -0.437 e. The van der Waals surface area contributed by atoms with Gasteiger partial charge in [-0.3, -0.25) is 0 Å². The zero-order valence-corrected chi connectivity index (χ0v) is 9.08. The van der Waals surface area contributed by atoms with Gasteiger partial charge in [0.25, 0.3) is 0 Å². The number of ether oxygens (including phenoxy) is 1. The van der Waals surface area contributed by atoms with Gasteiger partial charge in [0, 0.05) is 13.1 Å². The second kappa shape index (κ2) is 4.38. The van der Waals surface area contributed by atoms with E-state index in [9.17, 15) is 0 Å². The van der Waals surface area contributed by atoms with Gasteiger partial charge in [-0.2, -0.15) is 15.6 Å². The average molecular weight is 224 g/mol. The molecule has 17 heavy (non-hydrogen) atoms. The van der Waals surface area contributed by atoms with Crippen LogP contribution in [-0.4, -0.2) is 9.78 Å². The lowest BCUT2D eigenvalue weighted by Crippen LogP contribution is -1.98. The number of hydrogen-bond acceptors (Lipinski definition) is 4. The molecule has 0 saturated heterocycles. The van der Waals surface area contributed by atoms with Gasteiger partial charge in [0.2, 0.25) is 5.88 Å². The van der Waals surface area contributed by atoms with Crippen molar-refractivity contribution in [2.75, 3.05) is 0 Å². The largest absolute Gasteiger partial charge is 0.437 e. The number of aromatic nitrogens is 2. The molecule has 0 fully saturated rings. The summed E-state index contributed by atoms with van der Waals surface area (Å²) in [6.07, 6.45) is 1.58. The van der Waals surface area contributed by atoms with E-state index >= 15 is 0 Å². The standard InChI is InChI=1S/C12H8N4O/c1-16-11(5-6-15-16)17-12-9(7-13)3-2-4-10(12)8-14/h2-6H,1H3. The van der Waals surface area contributed by atoms with E-state index in [2.05, 4.69) is 5.10 Å². The van der Waals surface area contributed by atoms with E-state index in [-0.39, 0.29) is 5.75 Å². The Labute approximate surface area is 98.1 Å². The second-order valence-corrected chi connectivity index (χ2v) is 3.30. The molecule has 0 N–H and O–H groups in total. The zero-order chi connectivity index (χ0) is 12.3. The van der Waals surface area contributed by atoms with Crippen LogP contribution < -0.4 is 4.74 Å². The Kier molecular flexibility index (Phi) is 2.76. The van der Waals surface area contributed by atoms with Crippen molar-refractivity contribution in [3.8, 4) is 23.8 Å². The van der Waals surface area contributed by atoms with Gasteiger partial charge in [0.05, 0.1) is 17.3 Å². The summed E-state index contributed by atoms with van der Waals surface area (Å²) < 4.78 is 7.07. The second-order valence-electron chi connectivity index (χ2n) is 3.30. The van der Waals surface area contributed by atoms with E-state index in [1.165, 1.54) is 4.68 Å². The quantitative estimate of drug-likeness (QED) is 0.781. The van der Waals surface area contributed by atoms with Crippen molar-refractivity contribution in [3.05, 3.63) is 41.6 Å². The highest BCUT2D eigenvalue weighted by Gasteiger charge is 2.12. The molecule has 2 aromatic rings. The average Bonchev–Trinajstić information content (AvgIpc) is 2.75. The van der Waals surface area contributed by atoms with E-state index in [4.69, 9.17) is 15.3 Å². The monoisotopic (exact) mass is 224 g/mol. The topological polar surface area (TPSA) is 74.6 Å². The van der Waals surface area contributed by atoms with Crippen LogP contribution in [0, 0.1) is 22.7 Å². The summed E-state index contributed by atoms with van der Waals surface area (Å²) in [5.41, 5.74) is 0.649. The van der Waals surface area contributed by atoms with Gasteiger partial charge in [-0.15, -0.1) is 0 Å².